The summed E-state index contributed by atoms with van der Waals surface area (Å²) >= 11 is 12.7. The highest BCUT2D eigenvalue weighted by atomic mass is 35.5. The molecule has 11 heteroatoms. The third kappa shape index (κ3) is 4.90. The molecule has 0 saturated heterocycles. The Bertz CT molecular complexity index is 1250. The molecule has 0 aliphatic carbocycles. The van der Waals surface area contributed by atoms with E-state index in [1.807, 2.05) is 0 Å². The van der Waals surface area contributed by atoms with Crippen LogP contribution >= 0.6 is 23.2 Å². The summed E-state index contributed by atoms with van der Waals surface area (Å²) in [5.41, 5.74) is 7.24. The summed E-state index contributed by atoms with van der Waals surface area (Å²) in [6, 6.07) is 9.52. The van der Waals surface area contributed by atoms with Crippen molar-refractivity contribution in [3.8, 4) is 22.8 Å². The number of benzene rings is 2. The fraction of sp³-hybridized carbons (Fsp3) is 0.130. The van der Waals surface area contributed by atoms with Gasteiger partial charge in [0.1, 0.15) is 33.7 Å². The van der Waals surface area contributed by atoms with E-state index in [4.69, 9.17) is 38.4 Å². The van der Waals surface area contributed by atoms with Crippen LogP contribution < -0.4 is 25.4 Å². The SMILES string of the molecule is C=C(C(N)=O)c1ccccc1-c1cc(N(C)C(=O)Nc2c(Cl)c(OC)cc(OC)c2Cl)ncn1. The van der Waals surface area contributed by atoms with E-state index in [1.165, 1.54) is 38.6 Å². The molecule has 176 valence electrons. The maximum atomic E-state index is 13.0. The number of nitrogens with two attached hydrogens (primary N) is 1. The van der Waals surface area contributed by atoms with E-state index in [-0.39, 0.29) is 38.6 Å². The second kappa shape index (κ2) is 10.4. The van der Waals surface area contributed by atoms with Crippen LogP contribution in [0, 0.1) is 0 Å². The number of methoxy groups -OCH3 is 2. The minimum atomic E-state index is -0.652. The number of urea groups is 1. The third-order valence-corrected chi connectivity index (χ3v) is 5.68. The van der Waals surface area contributed by atoms with Crippen molar-refractivity contribution in [2.24, 2.45) is 5.73 Å². The van der Waals surface area contributed by atoms with Crippen LogP contribution in [0.15, 0.2) is 49.3 Å². The minimum absolute atomic E-state index is 0.109. The number of carbonyl (C=O) groups is 2. The number of nitrogens with one attached hydrogen (secondary N) is 1. The topological polar surface area (TPSA) is 120 Å². The average Bonchev–Trinajstić information content (AvgIpc) is 2.85. The maximum absolute atomic E-state index is 13.0. The van der Waals surface area contributed by atoms with Crippen molar-refractivity contribution < 1.29 is 19.1 Å². The van der Waals surface area contributed by atoms with Gasteiger partial charge in [0.05, 0.1) is 25.6 Å². The van der Waals surface area contributed by atoms with Gasteiger partial charge in [-0.25, -0.2) is 14.8 Å². The number of anilines is 2. The first-order valence-corrected chi connectivity index (χ1v) is 10.5. The summed E-state index contributed by atoms with van der Waals surface area (Å²) in [6.07, 6.45) is 1.30. The number of carbonyl (C=O) groups excluding carboxylic acids is 2. The van der Waals surface area contributed by atoms with E-state index in [1.54, 1.807) is 30.3 Å². The Morgan fingerprint density at radius 3 is 2.26 bits per heavy atom. The molecule has 1 aromatic heterocycles. The largest absolute Gasteiger partial charge is 0.495 e. The zero-order chi connectivity index (χ0) is 25.0. The molecule has 3 amide bonds. The summed E-state index contributed by atoms with van der Waals surface area (Å²) in [7, 11) is 4.37. The van der Waals surface area contributed by atoms with Gasteiger partial charge >= 0.3 is 6.03 Å². The van der Waals surface area contributed by atoms with Crippen LogP contribution in [-0.4, -0.2) is 43.2 Å². The second-order valence-corrected chi connectivity index (χ2v) is 7.68. The number of aromatic nitrogens is 2. The lowest BCUT2D eigenvalue weighted by Crippen LogP contribution is -2.32. The van der Waals surface area contributed by atoms with Crippen LogP contribution in [0.3, 0.4) is 0 Å². The Labute approximate surface area is 206 Å². The van der Waals surface area contributed by atoms with Crippen molar-refractivity contribution in [1.29, 1.82) is 0 Å². The van der Waals surface area contributed by atoms with Crippen LogP contribution in [0.2, 0.25) is 10.0 Å². The van der Waals surface area contributed by atoms with E-state index in [0.29, 0.717) is 16.8 Å². The molecule has 3 N–H and O–H groups in total. The van der Waals surface area contributed by atoms with Gasteiger partial charge in [-0.1, -0.05) is 54.0 Å². The van der Waals surface area contributed by atoms with Crippen LogP contribution in [-0.2, 0) is 4.79 Å². The van der Waals surface area contributed by atoms with Crippen molar-refractivity contribution in [3.05, 3.63) is 64.9 Å². The first-order valence-electron chi connectivity index (χ1n) is 9.74. The smallest absolute Gasteiger partial charge is 0.327 e. The lowest BCUT2D eigenvalue weighted by atomic mass is 9.98. The molecular weight excluding hydrogens is 481 g/mol. The molecule has 3 rings (SSSR count). The zero-order valence-corrected chi connectivity index (χ0v) is 20.1. The molecule has 1 heterocycles. The van der Waals surface area contributed by atoms with E-state index < -0.39 is 11.9 Å². The van der Waals surface area contributed by atoms with Crippen LogP contribution in [0.25, 0.3) is 16.8 Å². The molecule has 3 aromatic rings. The number of nitrogens with zero attached hydrogens (tertiary/aromatic N) is 3. The number of ether oxygens (including phenoxy) is 2. The van der Waals surface area contributed by atoms with Gasteiger partial charge in [0, 0.05) is 30.3 Å². The van der Waals surface area contributed by atoms with Crippen molar-refractivity contribution in [2.45, 2.75) is 0 Å². The molecule has 0 aliphatic rings. The van der Waals surface area contributed by atoms with E-state index in [0.717, 1.165) is 0 Å². The molecule has 34 heavy (non-hydrogen) atoms. The number of hydrogen-bond donors (Lipinski definition) is 2. The highest BCUT2D eigenvalue weighted by Crippen LogP contribution is 2.44. The van der Waals surface area contributed by atoms with Gasteiger partial charge < -0.3 is 20.5 Å². The minimum Gasteiger partial charge on any atom is -0.495 e. The molecule has 0 saturated carbocycles. The molecule has 9 nitrogen and oxygen atoms in total. The fourth-order valence-electron chi connectivity index (χ4n) is 3.07. The predicted octanol–water partition coefficient (Wildman–Crippen LogP) is 4.63. The van der Waals surface area contributed by atoms with Gasteiger partial charge in [-0.3, -0.25) is 9.69 Å². The fourth-order valence-corrected chi connectivity index (χ4v) is 3.67. The summed E-state index contributed by atoms with van der Waals surface area (Å²) in [4.78, 5) is 34.4. The van der Waals surface area contributed by atoms with E-state index in [2.05, 4.69) is 21.9 Å². The molecule has 2 aromatic carbocycles. The summed E-state index contributed by atoms with van der Waals surface area (Å²) < 4.78 is 10.5. The average molecular weight is 502 g/mol. The molecule has 0 atom stereocenters. The summed E-state index contributed by atoms with van der Waals surface area (Å²) in [5, 5.41) is 2.87. The highest BCUT2D eigenvalue weighted by molar-refractivity contribution is 6.41. The normalized spacial score (nSPS) is 10.4. The lowest BCUT2D eigenvalue weighted by Gasteiger charge is -2.20. The van der Waals surface area contributed by atoms with E-state index >= 15 is 0 Å². The van der Waals surface area contributed by atoms with Gasteiger partial charge in [-0.05, 0) is 5.56 Å². The molecule has 0 fully saturated rings. The molecule has 0 bridgehead atoms. The summed E-state index contributed by atoms with van der Waals surface area (Å²) in [5.74, 6) is 0.165. The first-order chi connectivity index (χ1) is 16.2. The number of halogens is 2. The molecule has 0 spiro atoms. The number of rotatable bonds is 7. The van der Waals surface area contributed by atoms with Gasteiger partial charge in [0.25, 0.3) is 0 Å². The van der Waals surface area contributed by atoms with Crippen molar-refractivity contribution in [1.82, 2.24) is 9.97 Å². The van der Waals surface area contributed by atoms with Crippen molar-refractivity contribution in [2.75, 3.05) is 31.5 Å². The Hall–Kier alpha value is -3.82. The Morgan fingerprint density at radius 1 is 1.06 bits per heavy atom. The zero-order valence-electron chi connectivity index (χ0n) is 18.6. The number of amides is 3. The standard InChI is InChI=1S/C23H21Cl2N5O4/c1-12(22(26)31)13-7-5-6-8-14(13)15-9-18(28-11-27-15)30(2)23(32)29-21-19(24)16(33-3)10-17(34-4)20(21)25/h5-11H,1H2,2-4H3,(H2,26,31)(H,29,32). The van der Waals surface area contributed by atoms with Gasteiger partial charge in [0.2, 0.25) is 5.91 Å². The lowest BCUT2D eigenvalue weighted by molar-refractivity contribution is -0.112. The monoisotopic (exact) mass is 501 g/mol. The number of hydrogen-bond acceptors (Lipinski definition) is 6. The molecule has 0 aliphatic heterocycles. The molecule has 0 unspecified atom stereocenters. The van der Waals surface area contributed by atoms with Crippen LogP contribution in [0.5, 0.6) is 11.5 Å². The van der Waals surface area contributed by atoms with Crippen molar-refractivity contribution >= 4 is 52.2 Å². The Kier molecular flexibility index (Phi) is 7.60. The first kappa shape index (κ1) is 24.8. The van der Waals surface area contributed by atoms with Gasteiger partial charge in [-0.15, -0.1) is 0 Å². The van der Waals surface area contributed by atoms with Crippen LogP contribution in [0.1, 0.15) is 5.56 Å². The highest BCUT2D eigenvalue weighted by Gasteiger charge is 2.22. The van der Waals surface area contributed by atoms with Crippen molar-refractivity contribution in [3.63, 3.8) is 0 Å². The Morgan fingerprint density at radius 2 is 1.68 bits per heavy atom. The Balaban J connectivity index is 1.95. The maximum Gasteiger partial charge on any atom is 0.327 e. The summed E-state index contributed by atoms with van der Waals surface area (Å²) in [6.45, 7) is 3.75. The van der Waals surface area contributed by atoms with E-state index in [9.17, 15) is 9.59 Å². The van der Waals surface area contributed by atoms with Crippen LogP contribution in [0.4, 0.5) is 16.3 Å². The third-order valence-electron chi connectivity index (χ3n) is 4.93. The van der Waals surface area contributed by atoms with Gasteiger partial charge in [-0.2, -0.15) is 0 Å². The number of primary amides is 1. The quantitative estimate of drug-likeness (QED) is 0.455. The van der Waals surface area contributed by atoms with Gasteiger partial charge in [0.15, 0.2) is 0 Å². The molecular formula is C23H21Cl2N5O4. The predicted molar refractivity (Wildman–Crippen MR) is 133 cm³/mol. The second-order valence-electron chi connectivity index (χ2n) is 6.92. The molecule has 0 radical (unpaired) electrons.